The molecule has 0 saturated carbocycles. The van der Waals surface area contributed by atoms with Crippen LogP contribution in [0.4, 0.5) is 4.79 Å². The van der Waals surface area contributed by atoms with Gasteiger partial charge in [-0.15, -0.1) is 0 Å². The number of alkyl carbamates (subject to hydrolysis) is 1. The lowest BCUT2D eigenvalue weighted by Crippen LogP contribution is -2.51. The van der Waals surface area contributed by atoms with Crippen LogP contribution in [-0.4, -0.2) is 52.1 Å². The van der Waals surface area contributed by atoms with Crippen molar-refractivity contribution in [1.29, 1.82) is 0 Å². The summed E-state index contributed by atoms with van der Waals surface area (Å²) in [4.78, 5) is 39.7. The van der Waals surface area contributed by atoms with Gasteiger partial charge in [-0.3, -0.25) is 9.59 Å². The average molecular weight is 436 g/mol. The highest BCUT2D eigenvalue weighted by atomic mass is 16.6. The summed E-state index contributed by atoms with van der Waals surface area (Å²) < 4.78 is 5.19. The topological polar surface area (TPSA) is 108 Å². The maximum Gasteiger partial charge on any atom is 0.408 e. The molecule has 0 radical (unpaired) electrons. The van der Waals surface area contributed by atoms with E-state index in [0.717, 1.165) is 6.42 Å². The first kappa shape index (κ1) is 26.3. The summed E-state index contributed by atoms with van der Waals surface area (Å²) in [6, 6.07) is 5.41. The van der Waals surface area contributed by atoms with Crippen molar-refractivity contribution in [3.63, 3.8) is 0 Å². The number of phenolic OH excluding ortho intramolecular Hbond substituents is 1. The third-order valence-corrected chi connectivity index (χ3v) is 4.15. The second-order valence-corrected chi connectivity index (χ2v) is 9.50. The molecule has 8 heteroatoms. The van der Waals surface area contributed by atoms with Crippen molar-refractivity contribution in [3.05, 3.63) is 29.8 Å². The number of aromatic hydroxyl groups is 1. The number of hydrogen-bond donors (Lipinski definition) is 3. The summed E-state index contributed by atoms with van der Waals surface area (Å²) in [5.41, 5.74) is -0.903. The number of hydrogen-bond acceptors (Lipinski definition) is 5. The van der Waals surface area contributed by atoms with E-state index in [2.05, 4.69) is 10.6 Å². The summed E-state index contributed by atoms with van der Waals surface area (Å²) in [6.07, 6.45) is 0.748. The van der Waals surface area contributed by atoms with Crippen LogP contribution in [0, 0.1) is 0 Å². The zero-order valence-electron chi connectivity index (χ0n) is 19.7. The van der Waals surface area contributed by atoms with Crippen molar-refractivity contribution in [2.24, 2.45) is 0 Å². The first-order chi connectivity index (χ1) is 14.2. The van der Waals surface area contributed by atoms with E-state index in [0.29, 0.717) is 18.5 Å². The van der Waals surface area contributed by atoms with E-state index in [9.17, 15) is 19.5 Å². The van der Waals surface area contributed by atoms with Gasteiger partial charge in [-0.05, 0) is 54.0 Å². The Bertz CT molecular complexity index is 765. The fraction of sp³-hybridized carbons (Fsp3) is 0.609. The first-order valence-electron chi connectivity index (χ1n) is 10.6. The summed E-state index contributed by atoms with van der Waals surface area (Å²) in [7, 11) is 0. The van der Waals surface area contributed by atoms with Gasteiger partial charge in [0.2, 0.25) is 11.8 Å². The summed E-state index contributed by atoms with van der Waals surface area (Å²) >= 11 is 0. The molecule has 0 saturated heterocycles. The second-order valence-electron chi connectivity index (χ2n) is 9.50. The van der Waals surface area contributed by atoms with Gasteiger partial charge in [-0.2, -0.15) is 0 Å². The molecule has 0 aliphatic carbocycles. The highest BCUT2D eigenvalue weighted by Gasteiger charge is 2.34. The minimum atomic E-state index is -1.04. The van der Waals surface area contributed by atoms with Gasteiger partial charge in [0.15, 0.2) is 0 Å². The number of unbranched alkanes of at least 4 members (excludes halogenated alkanes) is 1. The lowest BCUT2D eigenvalue weighted by atomic mass is 10.00. The van der Waals surface area contributed by atoms with Gasteiger partial charge in [0.05, 0.1) is 0 Å². The smallest absolute Gasteiger partial charge is 0.408 e. The molecule has 1 rings (SSSR count). The number of para-hydroxylation sites is 1. The number of ether oxygens (including phenoxy) is 1. The van der Waals surface area contributed by atoms with E-state index in [1.54, 1.807) is 39.0 Å². The normalized spacial score (nSPS) is 12.6. The standard InChI is InChI=1S/C23H37N3O5/c1-8-9-14-26(18(28)15-24-21(30)31-23(5,6)7)19(20(29)25-22(2,3)4)16-12-10-11-13-17(16)27/h10-13,19,27H,8-9,14-15H2,1-7H3,(H,24,30)(H,25,29). The second kappa shape index (κ2) is 11.0. The fourth-order valence-corrected chi connectivity index (χ4v) is 2.90. The Morgan fingerprint density at radius 1 is 1.10 bits per heavy atom. The molecule has 1 aromatic rings. The van der Waals surface area contributed by atoms with Crippen LogP contribution < -0.4 is 10.6 Å². The van der Waals surface area contributed by atoms with Crippen molar-refractivity contribution in [2.45, 2.75) is 78.5 Å². The Morgan fingerprint density at radius 3 is 2.23 bits per heavy atom. The van der Waals surface area contributed by atoms with Crippen LogP contribution in [0.15, 0.2) is 24.3 Å². The van der Waals surface area contributed by atoms with Crippen molar-refractivity contribution >= 4 is 17.9 Å². The van der Waals surface area contributed by atoms with Crippen LogP contribution >= 0.6 is 0 Å². The minimum Gasteiger partial charge on any atom is -0.508 e. The van der Waals surface area contributed by atoms with E-state index in [-0.39, 0.29) is 12.3 Å². The molecular weight excluding hydrogens is 398 g/mol. The van der Waals surface area contributed by atoms with Gasteiger partial charge in [-0.25, -0.2) is 4.79 Å². The molecule has 0 fully saturated rings. The number of nitrogens with zero attached hydrogens (tertiary/aromatic N) is 1. The number of carbonyl (C=O) groups excluding carboxylic acids is 3. The van der Waals surface area contributed by atoms with Crippen molar-refractivity contribution in [2.75, 3.05) is 13.1 Å². The highest BCUT2D eigenvalue weighted by Crippen LogP contribution is 2.30. The van der Waals surface area contributed by atoms with E-state index in [4.69, 9.17) is 4.74 Å². The molecule has 8 nitrogen and oxygen atoms in total. The van der Waals surface area contributed by atoms with E-state index < -0.39 is 35.1 Å². The van der Waals surface area contributed by atoms with Gasteiger partial charge in [0.25, 0.3) is 0 Å². The zero-order chi connectivity index (χ0) is 23.8. The maximum absolute atomic E-state index is 13.2. The summed E-state index contributed by atoms with van der Waals surface area (Å²) in [5.74, 6) is -0.932. The largest absolute Gasteiger partial charge is 0.508 e. The molecule has 3 N–H and O–H groups in total. The lowest BCUT2D eigenvalue weighted by molar-refractivity contribution is -0.141. The molecular formula is C23H37N3O5. The van der Waals surface area contributed by atoms with Crippen molar-refractivity contribution in [1.82, 2.24) is 15.5 Å². The molecule has 174 valence electrons. The third-order valence-electron chi connectivity index (χ3n) is 4.15. The van der Waals surface area contributed by atoms with Gasteiger partial charge < -0.3 is 25.4 Å². The Labute approximate surface area is 185 Å². The molecule has 0 heterocycles. The van der Waals surface area contributed by atoms with Crippen LogP contribution in [0.25, 0.3) is 0 Å². The van der Waals surface area contributed by atoms with Gasteiger partial charge in [0, 0.05) is 17.6 Å². The van der Waals surface area contributed by atoms with Crippen LogP contribution in [0.1, 0.15) is 72.9 Å². The Morgan fingerprint density at radius 2 is 1.71 bits per heavy atom. The number of benzene rings is 1. The van der Waals surface area contributed by atoms with Crippen molar-refractivity contribution < 1.29 is 24.2 Å². The Balaban J connectivity index is 3.22. The molecule has 0 spiro atoms. The van der Waals surface area contributed by atoms with Crippen LogP contribution in [0.2, 0.25) is 0 Å². The first-order valence-corrected chi connectivity index (χ1v) is 10.6. The minimum absolute atomic E-state index is 0.0778. The number of rotatable bonds is 8. The molecule has 1 aromatic carbocycles. The zero-order valence-corrected chi connectivity index (χ0v) is 19.7. The van der Waals surface area contributed by atoms with Gasteiger partial charge in [-0.1, -0.05) is 31.5 Å². The van der Waals surface area contributed by atoms with E-state index >= 15 is 0 Å². The van der Waals surface area contributed by atoms with Gasteiger partial charge >= 0.3 is 6.09 Å². The number of carbonyl (C=O) groups is 3. The van der Waals surface area contributed by atoms with E-state index in [1.807, 2.05) is 27.7 Å². The third kappa shape index (κ3) is 9.27. The molecule has 31 heavy (non-hydrogen) atoms. The Kier molecular flexibility index (Phi) is 9.34. The number of nitrogens with one attached hydrogen (secondary N) is 2. The SMILES string of the molecule is CCCCN(C(=O)CNC(=O)OC(C)(C)C)C(C(=O)NC(C)(C)C)c1ccccc1O. The van der Waals surface area contributed by atoms with Crippen LogP contribution in [-0.2, 0) is 14.3 Å². The van der Waals surface area contributed by atoms with Gasteiger partial charge in [0.1, 0.15) is 23.9 Å². The quantitative estimate of drug-likeness (QED) is 0.579. The monoisotopic (exact) mass is 435 g/mol. The predicted octanol–water partition coefficient (Wildman–Crippen LogP) is 3.50. The average Bonchev–Trinajstić information content (AvgIpc) is 2.61. The number of amides is 3. The Hall–Kier alpha value is -2.77. The molecule has 0 aliphatic heterocycles. The molecule has 0 bridgehead atoms. The summed E-state index contributed by atoms with van der Waals surface area (Å²) in [5, 5.41) is 15.8. The van der Waals surface area contributed by atoms with Crippen molar-refractivity contribution in [3.8, 4) is 5.75 Å². The molecule has 3 amide bonds. The molecule has 0 aromatic heterocycles. The highest BCUT2D eigenvalue weighted by molar-refractivity contribution is 5.91. The lowest BCUT2D eigenvalue weighted by Gasteiger charge is -2.34. The van der Waals surface area contributed by atoms with E-state index in [1.165, 1.54) is 11.0 Å². The fourth-order valence-electron chi connectivity index (χ4n) is 2.90. The summed E-state index contributed by atoms with van der Waals surface area (Å²) in [6.45, 7) is 12.7. The molecule has 1 unspecified atom stereocenters. The molecule has 0 aliphatic rings. The van der Waals surface area contributed by atoms with Crippen LogP contribution in [0.3, 0.4) is 0 Å². The predicted molar refractivity (Wildman–Crippen MR) is 120 cm³/mol. The van der Waals surface area contributed by atoms with Crippen LogP contribution in [0.5, 0.6) is 5.75 Å². The number of phenols is 1. The maximum atomic E-state index is 13.2. The molecule has 1 atom stereocenters.